The second-order valence-corrected chi connectivity index (χ2v) is 7.99. The smallest absolute Gasteiger partial charge is 0.303 e. The minimum absolute atomic E-state index is 0.0871. The first-order chi connectivity index (χ1) is 10.3. The van der Waals surface area contributed by atoms with Crippen LogP contribution in [0.25, 0.3) is 0 Å². The molecule has 2 rings (SSSR count). The van der Waals surface area contributed by atoms with E-state index in [1.807, 2.05) is 0 Å². The molecule has 0 saturated carbocycles. The summed E-state index contributed by atoms with van der Waals surface area (Å²) in [5.41, 5.74) is 0. The van der Waals surface area contributed by atoms with E-state index >= 15 is 0 Å². The number of piperidine rings is 1. The molecule has 0 atom stereocenters. The molecule has 2 heterocycles. The highest BCUT2D eigenvalue weighted by Crippen LogP contribution is 2.25. The van der Waals surface area contributed by atoms with Crippen LogP contribution in [0.1, 0.15) is 28.9 Å². The van der Waals surface area contributed by atoms with E-state index in [2.05, 4.69) is 4.72 Å². The number of hydrogen-bond acceptors (Lipinski definition) is 5. The van der Waals surface area contributed by atoms with Crippen molar-refractivity contribution in [3.8, 4) is 0 Å². The Morgan fingerprint density at radius 2 is 2.05 bits per heavy atom. The summed E-state index contributed by atoms with van der Waals surface area (Å²) >= 11 is 1.10. The van der Waals surface area contributed by atoms with Crippen LogP contribution in [-0.2, 0) is 14.8 Å². The molecule has 0 spiro atoms. The fourth-order valence-electron chi connectivity index (χ4n) is 2.43. The summed E-state index contributed by atoms with van der Waals surface area (Å²) in [7, 11) is -2.22. The lowest BCUT2D eigenvalue weighted by molar-refractivity contribution is -0.138. The van der Waals surface area contributed by atoms with Gasteiger partial charge in [-0.05, 0) is 31.9 Å². The maximum Gasteiger partial charge on any atom is 0.303 e. The Hall–Kier alpha value is -1.45. The van der Waals surface area contributed by atoms with Crippen LogP contribution in [0, 0.1) is 5.92 Å². The average Bonchev–Trinajstić information content (AvgIpc) is 2.97. The van der Waals surface area contributed by atoms with Gasteiger partial charge in [-0.3, -0.25) is 9.59 Å². The first kappa shape index (κ1) is 16.9. The summed E-state index contributed by atoms with van der Waals surface area (Å²) in [5.74, 6) is -0.911. The Labute approximate surface area is 133 Å². The van der Waals surface area contributed by atoms with Crippen LogP contribution in [0.15, 0.2) is 16.3 Å². The molecule has 9 heteroatoms. The third-order valence-electron chi connectivity index (χ3n) is 3.73. The molecule has 1 aromatic heterocycles. The molecule has 1 aliphatic rings. The van der Waals surface area contributed by atoms with Crippen molar-refractivity contribution in [2.24, 2.45) is 5.92 Å². The first-order valence-electron chi connectivity index (χ1n) is 6.86. The van der Waals surface area contributed by atoms with Gasteiger partial charge in [0.15, 0.2) is 0 Å². The third kappa shape index (κ3) is 3.84. The van der Waals surface area contributed by atoms with E-state index in [0.717, 1.165) is 11.3 Å². The van der Waals surface area contributed by atoms with Gasteiger partial charge in [-0.25, -0.2) is 13.1 Å². The largest absolute Gasteiger partial charge is 0.481 e. The zero-order chi connectivity index (χ0) is 16.3. The minimum Gasteiger partial charge on any atom is -0.481 e. The molecular formula is C13H18N2O5S2. The predicted octanol–water partition coefficient (Wildman–Crippen LogP) is 0.983. The molecule has 0 radical (unpaired) electrons. The number of thiophene rings is 1. The summed E-state index contributed by atoms with van der Waals surface area (Å²) in [5, 5.41) is 10.2. The second-order valence-electron chi connectivity index (χ2n) is 5.19. The lowest BCUT2D eigenvalue weighted by Gasteiger charge is -2.31. The number of amides is 1. The van der Waals surface area contributed by atoms with E-state index in [-0.39, 0.29) is 23.1 Å². The van der Waals surface area contributed by atoms with E-state index < -0.39 is 16.0 Å². The monoisotopic (exact) mass is 346 g/mol. The van der Waals surface area contributed by atoms with Gasteiger partial charge in [-0.2, -0.15) is 0 Å². The Bertz CT molecular complexity index is 660. The average molecular weight is 346 g/mol. The molecule has 122 valence electrons. The summed E-state index contributed by atoms with van der Waals surface area (Å²) in [6.45, 7) is 1.01. The van der Waals surface area contributed by atoms with Gasteiger partial charge in [0.05, 0.1) is 9.77 Å². The third-order valence-corrected chi connectivity index (χ3v) is 6.19. The lowest BCUT2D eigenvalue weighted by Crippen LogP contribution is -2.38. The number of carbonyl (C=O) groups excluding carboxylic acids is 1. The van der Waals surface area contributed by atoms with E-state index in [1.54, 1.807) is 4.90 Å². The van der Waals surface area contributed by atoms with Crippen LogP contribution in [-0.4, -0.2) is 50.4 Å². The van der Waals surface area contributed by atoms with Crippen LogP contribution in [0.3, 0.4) is 0 Å². The number of nitrogens with one attached hydrogen (secondary N) is 1. The molecule has 0 aliphatic carbocycles. The molecule has 22 heavy (non-hydrogen) atoms. The molecular weight excluding hydrogens is 328 g/mol. The van der Waals surface area contributed by atoms with Crippen LogP contribution >= 0.6 is 11.3 Å². The number of rotatable bonds is 5. The molecule has 2 N–H and O–H groups in total. The van der Waals surface area contributed by atoms with Crippen LogP contribution in [0.4, 0.5) is 0 Å². The molecule has 1 saturated heterocycles. The number of carbonyl (C=O) groups is 2. The highest BCUT2D eigenvalue weighted by Gasteiger charge is 2.26. The van der Waals surface area contributed by atoms with Crippen molar-refractivity contribution in [1.29, 1.82) is 0 Å². The highest BCUT2D eigenvalue weighted by molar-refractivity contribution is 7.89. The van der Waals surface area contributed by atoms with Gasteiger partial charge in [0, 0.05) is 24.9 Å². The van der Waals surface area contributed by atoms with Crippen molar-refractivity contribution in [1.82, 2.24) is 9.62 Å². The molecule has 1 aliphatic heterocycles. The predicted molar refractivity (Wildman–Crippen MR) is 81.4 cm³/mol. The number of carboxylic acids is 1. The van der Waals surface area contributed by atoms with Gasteiger partial charge in [0.2, 0.25) is 10.0 Å². The number of sulfonamides is 1. The van der Waals surface area contributed by atoms with Crippen LogP contribution in [0.5, 0.6) is 0 Å². The number of aliphatic carboxylic acids is 1. The summed E-state index contributed by atoms with van der Waals surface area (Å²) in [6.07, 6.45) is 1.45. The topological polar surface area (TPSA) is 104 Å². The Morgan fingerprint density at radius 3 is 2.59 bits per heavy atom. The summed E-state index contributed by atoms with van der Waals surface area (Å²) in [4.78, 5) is 25.2. The molecule has 1 amide bonds. The molecule has 1 aromatic rings. The van der Waals surface area contributed by atoms with E-state index in [0.29, 0.717) is 30.8 Å². The highest BCUT2D eigenvalue weighted by atomic mass is 32.2. The van der Waals surface area contributed by atoms with E-state index in [4.69, 9.17) is 5.11 Å². The molecule has 0 bridgehead atoms. The molecule has 1 fully saturated rings. The first-order valence-corrected chi connectivity index (χ1v) is 9.23. The van der Waals surface area contributed by atoms with Gasteiger partial charge >= 0.3 is 5.97 Å². The van der Waals surface area contributed by atoms with Gasteiger partial charge in [0.1, 0.15) is 0 Å². The summed E-state index contributed by atoms with van der Waals surface area (Å²) < 4.78 is 25.6. The molecule has 0 aromatic carbocycles. The Morgan fingerprint density at radius 1 is 1.41 bits per heavy atom. The Kier molecular flexibility index (Phi) is 5.20. The second kappa shape index (κ2) is 6.76. The number of hydrogen-bond donors (Lipinski definition) is 2. The van der Waals surface area contributed by atoms with Gasteiger partial charge in [0.25, 0.3) is 5.91 Å². The van der Waals surface area contributed by atoms with Crippen LogP contribution in [0.2, 0.25) is 0 Å². The van der Waals surface area contributed by atoms with E-state index in [1.165, 1.54) is 18.5 Å². The number of likely N-dealkylation sites (tertiary alicyclic amines) is 1. The van der Waals surface area contributed by atoms with Crippen molar-refractivity contribution in [2.45, 2.75) is 24.2 Å². The number of nitrogens with zero attached hydrogens (tertiary/aromatic N) is 1. The minimum atomic E-state index is -3.54. The fourth-order valence-corrected chi connectivity index (χ4v) is 4.40. The number of carboxylic acid groups (broad SMARTS) is 1. The SMILES string of the molecule is CNS(=O)(=O)c1csc(C(=O)N2CCC(CC(=O)O)CC2)c1. The van der Waals surface area contributed by atoms with Crippen molar-refractivity contribution in [2.75, 3.05) is 20.1 Å². The van der Waals surface area contributed by atoms with E-state index in [9.17, 15) is 18.0 Å². The molecule has 7 nitrogen and oxygen atoms in total. The molecule has 0 unspecified atom stereocenters. The summed E-state index contributed by atoms with van der Waals surface area (Å²) in [6, 6.07) is 1.38. The normalized spacial score (nSPS) is 16.7. The fraction of sp³-hybridized carbons (Fsp3) is 0.538. The maximum absolute atomic E-state index is 12.4. The quantitative estimate of drug-likeness (QED) is 0.827. The van der Waals surface area contributed by atoms with Gasteiger partial charge in [-0.1, -0.05) is 0 Å². The van der Waals surface area contributed by atoms with Gasteiger partial charge < -0.3 is 10.0 Å². The Balaban J connectivity index is 2.00. The van der Waals surface area contributed by atoms with Crippen molar-refractivity contribution in [3.05, 3.63) is 16.3 Å². The zero-order valence-electron chi connectivity index (χ0n) is 12.1. The maximum atomic E-state index is 12.4. The van der Waals surface area contributed by atoms with Crippen molar-refractivity contribution in [3.63, 3.8) is 0 Å². The standard InChI is InChI=1S/C13H18N2O5S2/c1-14-22(19,20)10-7-11(21-8-10)13(18)15-4-2-9(3-5-15)6-12(16)17/h7-9,14H,2-6H2,1H3,(H,16,17). The zero-order valence-corrected chi connectivity index (χ0v) is 13.7. The van der Waals surface area contributed by atoms with Crippen LogP contribution < -0.4 is 4.72 Å². The lowest BCUT2D eigenvalue weighted by atomic mass is 9.93. The van der Waals surface area contributed by atoms with Gasteiger partial charge in [-0.15, -0.1) is 11.3 Å². The van der Waals surface area contributed by atoms with Crippen molar-refractivity contribution >= 4 is 33.2 Å². The van der Waals surface area contributed by atoms with Crippen molar-refractivity contribution < 1.29 is 23.1 Å².